The first-order valence-corrected chi connectivity index (χ1v) is 40.4. The summed E-state index contributed by atoms with van der Waals surface area (Å²) < 4.78 is 28.2. The molecular weight excluding hydrogens is 1510 g/mol. The molecule has 0 saturated carbocycles. The molecule has 574 valence electrons. The normalized spacial score (nSPS) is 14.4. The van der Waals surface area contributed by atoms with Crippen LogP contribution in [0.2, 0.25) is 0 Å². The first kappa shape index (κ1) is 76.5. The lowest BCUT2D eigenvalue weighted by Crippen LogP contribution is -2.71. The Morgan fingerprint density at radius 2 is 0.983 bits per heavy atom. The minimum absolute atomic E-state index is 0.0339. The zero-order valence-corrected chi connectivity index (χ0v) is 64.9. The molecule has 19 nitrogen and oxygen atoms in total. The van der Waals surface area contributed by atoms with Gasteiger partial charge in [-0.25, -0.2) is 14.5 Å². The van der Waals surface area contributed by atoms with Crippen LogP contribution in [0.15, 0.2) is 378 Å². The van der Waals surface area contributed by atoms with Crippen LogP contribution in [0.4, 0.5) is 5.13 Å². The lowest BCUT2D eigenvalue weighted by molar-refractivity contribution is -0.170. The van der Waals surface area contributed by atoms with Gasteiger partial charge in [-0.3, -0.25) is 24.3 Å². The zero-order chi connectivity index (χ0) is 79.2. The van der Waals surface area contributed by atoms with Crippen molar-refractivity contribution in [3.8, 4) is 17.4 Å². The number of oxime groups is 1. The highest BCUT2D eigenvalue weighted by Crippen LogP contribution is 2.46. The van der Waals surface area contributed by atoms with Gasteiger partial charge in [0.15, 0.2) is 39.7 Å². The fourth-order valence-corrected chi connectivity index (χ4v) is 17.3. The summed E-state index contributed by atoms with van der Waals surface area (Å²) in [6, 6.07) is 106. The number of thioether (sulfide) groups is 2. The summed E-state index contributed by atoms with van der Waals surface area (Å²) in [5.41, 5.74) is 7.10. The molecule has 3 atom stereocenters. The van der Waals surface area contributed by atoms with Gasteiger partial charge in [0.25, 0.3) is 18.1 Å². The van der Waals surface area contributed by atoms with Gasteiger partial charge in [-0.15, -0.1) is 28.2 Å². The molecule has 0 radical (unpaired) electrons. The molecule has 1 unspecified atom stereocenters. The number of amides is 2. The van der Waals surface area contributed by atoms with Gasteiger partial charge in [0.1, 0.15) is 46.2 Å². The maximum Gasteiger partial charge on any atom is 0.356 e. The number of β-lactam (4-membered cyclic amide) rings is 1. The second-order valence-corrected chi connectivity index (χ2v) is 30.2. The summed E-state index contributed by atoms with van der Waals surface area (Å²) in [7, 11) is 1.65. The molecule has 14 aromatic rings. The van der Waals surface area contributed by atoms with Crippen LogP contribution >= 0.6 is 34.9 Å². The first-order chi connectivity index (χ1) is 57.0. The third-order valence-corrected chi connectivity index (χ3v) is 23.0. The number of esters is 1. The topological polar surface area (TPSA) is 231 Å². The number of rotatable bonds is 30. The highest BCUT2D eigenvalue weighted by Gasteiger charge is 2.55. The Balaban J connectivity index is 0.766. The van der Waals surface area contributed by atoms with E-state index in [9.17, 15) is 9.90 Å². The average Bonchev–Trinajstić information content (AvgIpc) is 0.898. The molecule has 1 saturated heterocycles. The number of nitrogens with one attached hydrogen (secondary N) is 2. The number of fused-ring (bicyclic) bond motifs is 1. The van der Waals surface area contributed by atoms with E-state index in [2.05, 4.69) is 20.7 Å². The van der Waals surface area contributed by atoms with Crippen molar-refractivity contribution in [3.63, 3.8) is 0 Å². The van der Waals surface area contributed by atoms with E-state index in [0.717, 1.165) is 61.8 Å². The predicted molar refractivity (Wildman–Crippen MR) is 449 cm³/mol. The van der Waals surface area contributed by atoms with Crippen molar-refractivity contribution in [2.75, 3.05) is 16.8 Å². The number of anilines is 1. The Kier molecular flexibility index (Phi) is 23.5. The van der Waals surface area contributed by atoms with Gasteiger partial charge >= 0.3 is 17.4 Å². The van der Waals surface area contributed by atoms with E-state index < -0.39 is 71.0 Å². The minimum Gasteiger partial charge on any atom is -0.504 e. The van der Waals surface area contributed by atoms with E-state index in [1.165, 1.54) is 44.9 Å². The second kappa shape index (κ2) is 35.7. The molecule has 3 aromatic heterocycles. The fraction of sp³-hybridized carbons (Fsp3) is 0.117. The monoisotopic (exact) mass is 1590 g/mol. The summed E-state index contributed by atoms with van der Waals surface area (Å²) >= 11 is 3.68. The van der Waals surface area contributed by atoms with Gasteiger partial charge in [-0.05, 0) is 66.8 Å². The number of nitrogens with zero attached hydrogens (tertiary/aromatic N) is 7. The van der Waals surface area contributed by atoms with E-state index in [-0.39, 0.29) is 56.8 Å². The maximum absolute atomic E-state index is 16.0. The molecule has 0 spiro atoms. The maximum atomic E-state index is 16.0. The molecular formula is C94H75N9O10S3. The molecule has 11 aromatic carbocycles. The number of pyridine rings is 1. The highest BCUT2D eigenvalue weighted by molar-refractivity contribution is 8.01. The van der Waals surface area contributed by atoms with Crippen LogP contribution in [0.3, 0.4) is 0 Å². The zero-order valence-electron chi connectivity index (χ0n) is 62.4. The average molecular weight is 1590 g/mol. The SMILES string of the molecule is Cn1nc(OC(c2ccccc2)c2ccccc2)c(=O)nc1SCC1=C(C(=O)OC(c2ccccc2)c2ccccc2)N2C(=O)[C@@H](NC(=O)C(=NOC(OC(c3ccccc3)c3ccccc3)c3cc(O)c(OC(c4ccccc4)c4ccccc4)cn3)c3csc(NC(c4ccccc4)(c4ccccc4)c4ccccc4)n3)[C@H]2SC1. The Hall–Kier alpha value is -13.5. The Labute approximate surface area is 682 Å². The second-order valence-electron chi connectivity index (χ2n) is 27.3. The molecule has 2 aliphatic rings. The Morgan fingerprint density at radius 3 is 1.43 bits per heavy atom. The fourth-order valence-electron chi connectivity index (χ4n) is 14.2. The minimum atomic E-state index is -1.60. The molecule has 2 amide bonds. The lowest BCUT2D eigenvalue weighted by Gasteiger charge is -2.49. The number of ether oxygens (including phenoxy) is 4. The van der Waals surface area contributed by atoms with Crippen LogP contribution in [0, 0.1) is 0 Å². The van der Waals surface area contributed by atoms with Crippen LogP contribution in [0.25, 0.3) is 0 Å². The van der Waals surface area contributed by atoms with Crippen molar-refractivity contribution >= 4 is 63.5 Å². The number of benzene rings is 11. The Morgan fingerprint density at radius 1 is 0.560 bits per heavy atom. The molecule has 1 fully saturated rings. The van der Waals surface area contributed by atoms with Crippen LogP contribution in [0.1, 0.15) is 103 Å². The van der Waals surface area contributed by atoms with Crippen molar-refractivity contribution in [3.05, 3.63) is 446 Å². The van der Waals surface area contributed by atoms with Crippen LogP contribution < -0.4 is 25.7 Å². The molecule has 0 aliphatic carbocycles. The number of aryl methyl sites for hydroxylation is 1. The molecule has 16 rings (SSSR count). The summed E-state index contributed by atoms with van der Waals surface area (Å²) in [4.78, 5) is 83.9. The van der Waals surface area contributed by atoms with Crippen LogP contribution in [0.5, 0.6) is 17.4 Å². The highest BCUT2D eigenvalue weighted by atomic mass is 32.2. The summed E-state index contributed by atoms with van der Waals surface area (Å²) in [5, 5.41) is 29.8. The molecule has 5 heterocycles. The third kappa shape index (κ3) is 16.9. The number of aromatic hydroxyl groups is 1. The van der Waals surface area contributed by atoms with E-state index in [1.807, 2.05) is 334 Å². The summed E-state index contributed by atoms with van der Waals surface area (Å²) in [6.45, 7) is 0. The lowest BCUT2D eigenvalue weighted by atomic mass is 9.77. The predicted octanol–water partition coefficient (Wildman–Crippen LogP) is 17.5. The van der Waals surface area contributed by atoms with Crippen molar-refractivity contribution in [2.45, 2.75) is 52.8 Å². The van der Waals surface area contributed by atoms with Gasteiger partial charge in [-0.2, -0.15) is 4.98 Å². The molecule has 22 heteroatoms. The van der Waals surface area contributed by atoms with Crippen molar-refractivity contribution in [1.29, 1.82) is 0 Å². The van der Waals surface area contributed by atoms with Crippen molar-refractivity contribution in [1.82, 2.24) is 34.9 Å². The summed E-state index contributed by atoms with van der Waals surface area (Å²) in [5.74, 6) is -2.61. The number of hydrogen-bond acceptors (Lipinski definition) is 19. The molecule has 116 heavy (non-hydrogen) atoms. The van der Waals surface area contributed by atoms with E-state index in [0.29, 0.717) is 21.8 Å². The van der Waals surface area contributed by atoms with Gasteiger partial charge in [-0.1, -0.05) is 351 Å². The first-order valence-electron chi connectivity index (χ1n) is 37.5. The van der Waals surface area contributed by atoms with Crippen molar-refractivity contribution in [2.24, 2.45) is 12.2 Å². The number of thiazole rings is 1. The van der Waals surface area contributed by atoms with Gasteiger partial charge in [0.05, 0.1) is 6.20 Å². The smallest absolute Gasteiger partial charge is 0.356 e. The molecule has 0 bridgehead atoms. The number of carbonyl (C=O) groups excluding carboxylic acids is 3. The number of aromatic nitrogens is 5. The van der Waals surface area contributed by atoms with E-state index in [4.69, 9.17) is 38.9 Å². The van der Waals surface area contributed by atoms with Gasteiger partial charge < -0.3 is 39.5 Å². The van der Waals surface area contributed by atoms with Crippen LogP contribution in [-0.4, -0.2) is 81.2 Å². The molecule has 2 aliphatic heterocycles. The van der Waals surface area contributed by atoms with E-state index in [1.54, 1.807) is 12.4 Å². The van der Waals surface area contributed by atoms with Crippen molar-refractivity contribution < 1.29 is 43.3 Å². The number of carbonyl (C=O) groups is 3. The van der Waals surface area contributed by atoms with Gasteiger partial charge in [0, 0.05) is 30.0 Å². The largest absolute Gasteiger partial charge is 0.504 e. The molecule has 3 N–H and O–H groups in total. The van der Waals surface area contributed by atoms with Gasteiger partial charge in [0.2, 0.25) is 0 Å². The van der Waals surface area contributed by atoms with Crippen LogP contribution in [-0.2, 0) is 41.3 Å². The quantitative estimate of drug-likeness (QED) is 0.00722. The summed E-state index contributed by atoms with van der Waals surface area (Å²) in [6.07, 6.45) is -3.34. The Bertz CT molecular complexity index is 5570. The third-order valence-electron chi connectivity index (χ3n) is 19.8. The number of hydrogen-bond donors (Lipinski definition) is 3. The van der Waals surface area contributed by atoms with E-state index >= 15 is 14.4 Å². The standard InChI is InChI=1S/C94H75N9O10S3/c1-102-93(98-86(106)87(100-102)110-82(64-39-17-4-18-40-64)65-41-19-5-20-42-65)116-60-70-59-114-89-79(88(107)103(89)80(70)90(108)111-83(66-43-21-6-22-44-66)67-45-23-7-24-46-67)97-85(105)78(75-61-115-92(96-75)99-94(71-51-29-10-30-52-71,72-53-31-11-32-54-72)73-55-33-12-34-56-73)101-113-91(112-84(68-47-25-8-26-48-68)69-49-27-9-28-50-69)74-57-76(104)77(58-95-74)109-81(62-35-13-2-14-36-62)63-37-15-3-16-38-63/h2-58,61,79,81-84,89,91H,59-60H2,1H3,(H,95,104)(H,96,99)(H,97,105)/t79-,89-,91?/m1/s1.